The van der Waals surface area contributed by atoms with E-state index in [1.165, 1.54) is 38.5 Å². The van der Waals surface area contributed by atoms with E-state index in [1.807, 2.05) is 11.7 Å². The van der Waals surface area contributed by atoms with Crippen LogP contribution in [0.4, 0.5) is 0 Å². The number of hydrogen-bond acceptors (Lipinski definition) is 2. The molecule has 3 nitrogen and oxygen atoms in total. The summed E-state index contributed by atoms with van der Waals surface area (Å²) >= 11 is 6.31. The van der Waals surface area contributed by atoms with Crippen LogP contribution in [0.5, 0.6) is 0 Å². The predicted molar refractivity (Wildman–Crippen MR) is 75.8 cm³/mol. The number of nitrogens with one attached hydrogen (secondary N) is 1. The van der Waals surface area contributed by atoms with Crippen LogP contribution in [0, 0.1) is 5.92 Å². The lowest BCUT2D eigenvalue weighted by atomic mass is 9.89. The lowest BCUT2D eigenvalue weighted by Crippen LogP contribution is -2.30. The van der Waals surface area contributed by atoms with Crippen LogP contribution < -0.4 is 5.32 Å². The molecule has 0 aliphatic heterocycles. The van der Waals surface area contributed by atoms with Gasteiger partial charge in [-0.2, -0.15) is 5.10 Å². The number of aryl methyl sites for hydroxylation is 1. The fraction of sp³-hybridized carbons (Fsp3) is 0.786. The summed E-state index contributed by atoms with van der Waals surface area (Å²) in [6, 6.07) is 0.355. The molecule has 1 saturated carbocycles. The van der Waals surface area contributed by atoms with E-state index >= 15 is 0 Å². The second-order valence-electron chi connectivity index (χ2n) is 5.29. The molecule has 102 valence electrons. The predicted octanol–water partition coefficient (Wildman–Crippen LogP) is 3.69. The van der Waals surface area contributed by atoms with E-state index < -0.39 is 0 Å². The zero-order valence-electron chi connectivity index (χ0n) is 11.5. The van der Waals surface area contributed by atoms with Gasteiger partial charge in [0, 0.05) is 7.05 Å². The third-order valence-corrected chi connectivity index (χ3v) is 4.32. The maximum absolute atomic E-state index is 6.31. The Morgan fingerprint density at radius 1 is 1.39 bits per heavy atom. The van der Waals surface area contributed by atoms with E-state index in [0.29, 0.717) is 12.0 Å². The fourth-order valence-corrected chi connectivity index (χ4v) is 3.40. The molecule has 2 rings (SSSR count). The molecule has 1 aliphatic carbocycles. The van der Waals surface area contributed by atoms with Gasteiger partial charge in [-0.15, -0.1) is 0 Å². The number of aromatic nitrogens is 2. The van der Waals surface area contributed by atoms with Crippen LogP contribution in [-0.2, 0) is 7.05 Å². The molecular formula is C14H24ClN3. The minimum absolute atomic E-state index is 0.355. The van der Waals surface area contributed by atoms with Crippen molar-refractivity contribution in [2.75, 3.05) is 6.54 Å². The maximum Gasteiger partial charge on any atom is 0.0834 e. The van der Waals surface area contributed by atoms with Crippen LogP contribution in [0.3, 0.4) is 0 Å². The second-order valence-corrected chi connectivity index (χ2v) is 5.70. The summed E-state index contributed by atoms with van der Waals surface area (Å²) in [4.78, 5) is 0. The SMILES string of the molecule is CCNC(c1c(Cl)cnn1C)C1CCCCCC1. The Morgan fingerprint density at radius 3 is 2.56 bits per heavy atom. The Morgan fingerprint density at radius 2 is 2.06 bits per heavy atom. The highest BCUT2D eigenvalue weighted by atomic mass is 35.5. The number of hydrogen-bond donors (Lipinski definition) is 1. The lowest BCUT2D eigenvalue weighted by Gasteiger charge is -2.27. The summed E-state index contributed by atoms with van der Waals surface area (Å²) < 4.78 is 1.93. The smallest absolute Gasteiger partial charge is 0.0834 e. The van der Waals surface area contributed by atoms with Gasteiger partial charge in [0.05, 0.1) is 23.0 Å². The summed E-state index contributed by atoms with van der Waals surface area (Å²) in [7, 11) is 1.99. The number of rotatable bonds is 4. The zero-order valence-corrected chi connectivity index (χ0v) is 12.2. The molecule has 1 aromatic heterocycles. The van der Waals surface area contributed by atoms with Crippen molar-refractivity contribution in [2.45, 2.75) is 51.5 Å². The highest BCUT2D eigenvalue weighted by Gasteiger charge is 2.27. The van der Waals surface area contributed by atoms with Gasteiger partial charge in [0.2, 0.25) is 0 Å². The van der Waals surface area contributed by atoms with Crippen LogP contribution >= 0.6 is 11.6 Å². The molecule has 4 heteroatoms. The third-order valence-electron chi connectivity index (χ3n) is 4.03. The van der Waals surface area contributed by atoms with Crippen molar-refractivity contribution < 1.29 is 0 Å². The van der Waals surface area contributed by atoms with Crippen molar-refractivity contribution in [2.24, 2.45) is 13.0 Å². The Labute approximate surface area is 115 Å². The molecule has 0 radical (unpaired) electrons. The van der Waals surface area contributed by atoms with Crippen molar-refractivity contribution >= 4 is 11.6 Å². The first-order chi connectivity index (χ1) is 8.74. The van der Waals surface area contributed by atoms with Gasteiger partial charge in [-0.05, 0) is 25.3 Å². The van der Waals surface area contributed by atoms with Crippen molar-refractivity contribution in [3.8, 4) is 0 Å². The summed E-state index contributed by atoms with van der Waals surface area (Å²) in [6.45, 7) is 3.14. The highest BCUT2D eigenvalue weighted by molar-refractivity contribution is 6.31. The van der Waals surface area contributed by atoms with Gasteiger partial charge < -0.3 is 5.32 Å². The van der Waals surface area contributed by atoms with Crippen LogP contribution in [0.25, 0.3) is 0 Å². The summed E-state index contributed by atoms with van der Waals surface area (Å²) in [5.74, 6) is 0.695. The molecular weight excluding hydrogens is 246 g/mol. The first-order valence-corrected chi connectivity index (χ1v) is 7.52. The molecule has 0 bridgehead atoms. The first kappa shape index (κ1) is 13.9. The summed E-state index contributed by atoms with van der Waals surface area (Å²) in [5, 5.41) is 8.70. The molecule has 1 fully saturated rings. The van der Waals surface area contributed by atoms with Gasteiger partial charge in [0.25, 0.3) is 0 Å². The van der Waals surface area contributed by atoms with E-state index in [2.05, 4.69) is 17.3 Å². The second kappa shape index (κ2) is 6.58. The van der Waals surface area contributed by atoms with Gasteiger partial charge in [0.1, 0.15) is 0 Å². The molecule has 1 aliphatic rings. The topological polar surface area (TPSA) is 29.9 Å². The Balaban J connectivity index is 2.21. The van der Waals surface area contributed by atoms with Gasteiger partial charge >= 0.3 is 0 Å². The van der Waals surface area contributed by atoms with Crippen LogP contribution in [-0.4, -0.2) is 16.3 Å². The highest BCUT2D eigenvalue weighted by Crippen LogP contribution is 2.35. The van der Waals surface area contributed by atoms with Gasteiger partial charge in [-0.3, -0.25) is 4.68 Å². The molecule has 0 saturated heterocycles. The van der Waals surface area contributed by atoms with Crippen LogP contribution in [0.15, 0.2) is 6.20 Å². The van der Waals surface area contributed by atoms with Gasteiger partial charge in [-0.25, -0.2) is 0 Å². The van der Waals surface area contributed by atoms with Crippen molar-refractivity contribution in [1.82, 2.24) is 15.1 Å². The summed E-state index contributed by atoms with van der Waals surface area (Å²) in [6.07, 6.45) is 9.84. The molecule has 18 heavy (non-hydrogen) atoms. The lowest BCUT2D eigenvalue weighted by molar-refractivity contribution is 0.317. The van der Waals surface area contributed by atoms with Gasteiger partial charge in [-0.1, -0.05) is 44.2 Å². The van der Waals surface area contributed by atoms with Crippen molar-refractivity contribution in [3.05, 3.63) is 16.9 Å². The standard InChI is InChI=1S/C14H24ClN3/c1-3-16-13(11-8-6-4-5-7-9-11)14-12(15)10-17-18(14)2/h10-11,13,16H,3-9H2,1-2H3. The molecule has 1 heterocycles. The molecule has 0 amide bonds. The van der Waals surface area contributed by atoms with Crippen LogP contribution in [0.2, 0.25) is 5.02 Å². The molecule has 0 aromatic carbocycles. The maximum atomic E-state index is 6.31. The zero-order chi connectivity index (χ0) is 13.0. The largest absolute Gasteiger partial charge is 0.309 e. The minimum Gasteiger partial charge on any atom is -0.309 e. The normalized spacial score (nSPS) is 19.7. The third kappa shape index (κ3) is 3.07. The molecule has 1 atom stereocenters. The van der Waals surface area contributed by atoms with Crippen LogP contribution in [0.1, 0.15) is 57.2 Å². The average molecular weight is 270 g/mol. The Bertz CT molecular complexity index is 348. The van der Waals surface area contributed by atoms with E-state index in [1.54, 1.807) is 6.20 Å². The van der Waals surface area contributed by atoms with E-state index in [-0.39, 0.29) is 0 Å². The van der Waals surface area contributed by atoms with Crippen molar-refractivity contribution in [1.29, 1.82) is 0 Å². The van der Waals surface area contributed by atoms with Crippen molar-refractivity contribution in [3.63, 3.8) is 0 Å². The molecule has 1 unspecified atom stereocenters. The first-order valence-electron chi connectivity index (χ1n) is 7.14. The number of nitrogens with zero attached hydrogens (tertiary/aromatic N) is 2. The average Bonchev–Trinajstić information content (AvgIpc) is 2.61. The molecule has 1 aromatic rings. The van der Waals surface area contributed by atoms with E-state index in [4.69, 9.17) is 11.6 Å². The van der Waals surface area contributed by atoms with Gasteiger partial charge in [0.15, 0.2) is 0 Å². The monoisotopic (exact) mass is 269 g/mol. The van der Waals surface area contributed by atoms with E-state index in [0.717, 1.165) is 17.3 Å². The molecule has 0 spiro atoms. The summed E-state index contributed by atoms with van der Waals surface area (Å²) in [5.41, 5.74) is 1.16. The molecule has 1 N–H and O–H groups in total. The quantitative estimate of drug-likeness (QED) is 0.845. The van der Waals surface area contributed by atoms with E-state index in [9.17, 15) is 0 Å². The Kier molecular flexibility index (Phi) is 5.07. The Hall–Kier alpha value is -0.540. The number of halogens is 1. The minimum atomic E-state index is 0.355. The fourth-order valence-electron chi connectivity index (χ4n) is 3.12.